The normalized spacial score (nSPS) is 28.1. The Balaban J connectivity index is 2.53. The molecule has 13 heavy (non-hydrogen) atoms. The van der Waals surface area contributed by atoms with Gasteiger partial charge in [0.2, 0.25) is 0 Å². The van der Waals surface area contributed by atoms with E-state index in [0.29, 0.717) is 5.92 Å². The van der Waals surface area contributed by atoms with E-state index in [1.165, 1.54) is 44.1 Å². The average Bonchev–Trinajstić information content (AvgIpc) is 2.02. The fraction of sp³-hybridized carbons (Fsp3) is 0.833. The molecule has 1 N–H and O–H groups in total. The van der Waals surface area contributed by atoms with Crippen molar-refractivity contribution in [2.75, 3.05) is 0 Å². The fourth-order valence-corrected chi connectivity index (χ4v) is 1.94. The van der Waals surface area contributed by atoms with Gasteiger partial charge in [-0.2, -0.15) is 0 Å². The molecular formula is C12H22O. The lowest BCUT2D eigenvalue weighted by Crippen LogP contribution is -2.16. The Bertz CT molecular complexity index is 170. The van der Waals surface area contributed by atoms with Crippen molar-refractivity contribution in [3.05, 3.63) is 11.6 Å². The molecule has 0 radical (unpaired) electrons. The summed E-state index contributed by atoms with van der Waals surface area (Å²) in [6.07, 6.45) is 9.97. The molecule has 0 spiro atoms. The number of aliphatic hydroxyl groups excluding tert-OH is 1. The van der Waals surface area contributed by atoms with Crippen LogP contribution < -0.4 is 0 Å². The first kappa shape index (κ1) is 10.8. The van der Waals surface area contributed by atoms with Crippen LogP contribution in [0.4, 0.5) is 0 Å². The van der Waals surface area contributed by atoms with Gasteiger partial charge in [-0.15, -0.1) is 0 Å². The fourth-order valence-electron chi connectivity index (χ4n) is 1.94. The van der Waals surface area contributed by atoms with Crippen molar-refractivity contribution in [2.24, 2.45) is 5.92 Å². The molecule has 1 aliphatic carbocycles. The van der Waals surface area contributed by atoms with E-state index in [1.807, 2.05) is 6.92 Å². The maximum atomic E-state index is 9.49. The molecule has 0 saturated carbocycles. The highest BCUT2D eigenvalue weighted by atomic mass is 16.3. The van der Waals surface area contributed by atoms with Crippen LogP contribution >= 0.6 is 0 Å². The molecule has 0 aromatic carbocycles. The molecule has 0 aromatic heterocycles. The van der Waals surface area contributed by atoms with E-state index in [2.05, 4.69) is 13.0 Å². The Morgan fingerprint density at radius 1 is 1.15 bits per heavy atom. The second kappa shape index (κ2) is 5.43. The number of allylic oxidation sites excluding steroid dienone is 1. The summed E-state index contributed by atoms with van der Waals surface area (Å²) in [4.78, 5) is 0. The lowest BCUT2D eigenvalue weighted by Gasteiger charge is -2.20. The van der Waals surface area contributed by atoms with E-state index in [4.69, 9.17) is 0 Å². The second-order valence-corrected chi connectivity index (χ2v) is 4.26. The van der Waals surface area contributed by atoms with E-state index in [0.717, 1.165) is 0 Å². The van der Waals surface area contributed by atoms with Gasteiger partial charge in [0.1, 0.15) is 0 Å². The molecule has 0 fully saturated rings. The second-order valence-electron chi connectivity index (χ2n) is 4.26. The summed E-state index contributed by atoms with van der Waals surface area (Å²) in [5.74, 6) is 0.359. The molecule has 2 unspecified atom stereocenters. The molecule has 1 aliphatic rings. The predicted molar refractivity (Wildman–Crippen MR) is 56.6 cm³/mol. The number of rotatable bonds is 2. The number of hydrogen-bond acceptors (Lipinski definition) is 1. The monoisotopic (exact) mass is 182 g/mol. The summed E-state index contributed by atoms with van der Waals surface area (Å²) in [6.45, 7) is 4.03. The van der Waals surface area contributed by atoms with Crippen LogP contribution in [0.1, 0.15) is 52.4 Å². The van der Waals surface area contributed by atoms with Gasteiger partial charge < -0.3 is 5.11 Å². The molecular weight excluding hydrogens is 160 g/mol. The van der Waals surface area contributed by atoms with Crippen LogP contribution in [0.3, 0.4) is 0 Å². The molecule has 1 rings (SSSR count). The minimum atomic E-state index is -0.189. The van der Waals surface area contributed by atoms with Crippen LogP contribution in [0.5, 0.6) is 0 Å². The summed E-state index contributed by atoms with van der Waals surface area (Å²) in [6, 6.07) is 0. The molecule has 1 heteroatoms. The van der Waals surface area contributed by atoms with Crippen LogP contribution in [-0.2, 0) is 0 Å². The Kier molecular flexibility index (Phi) is 4.51. The number of hydrogen-bond donors (Lipinski definition) is 1. The van der Waals surface area contributed by atoms with Gasteiger partial charge in [0.25, 0.3) is 0 Å². The van der Waals surface area contributed by atoms with Crippen molar-refractivity contribution < 1.29 is 5.11 Å². The summed E-state index contributed by atoms with van der Waals surface area (Å²) in [5, 5.41) is 9.49. The minimum absolute atomic E-state index is 0.189. The highest BCUT2D eigenvalue weighted by Gasteiger charge is 2.14. The lowest BCUT2D eigenvalue weighted by atomic mass is 9.89. The van der Waals surface area contributed by atoms with Crippen LogP contribution in [0.2, 0.25) is 0 Å². The van der Waals surface area contributed by atoms with E-state index in [-0.39, 0.29) is 6.10 Å². The third-order valence-corrected chi connectivity index (χ3v) is 3.13. The van der Waals surface area contributed by atoms with Gasteiger partial charge in [0, 0.05) is 5.92 Å². The molecule has 0 saturated heterocycles. The van der Waals surface area contributed by atoms with Gasteiger partial charge in [-0.1, -0.05) is 31.4 Å². The Morgan fingerprint density at radius 3 is 2.54 bits per heavy atom. The first-order valence-corrected chi connectivity index (χ1v) is 5.59. The first-order valence-electron chi connectivity index (χ1n) is 5.59. The molecule has 0 bridgehead atoms. The van der Waals surface area contributed by atoms with Gasteiger partial charge in [0.15, 0.2) is 0 Å². The molecule has 0 amide bonds. The largest absolute Gasteiger partial charge is 0.393 e. The van der Waals surface area contributed by atoms with Crippen LogP contribution in [0, 0.1) is 5.92 Å². The van der Waals surface area contributed by atoms with Crippen molar-refractivity contribution in [2.45, 2.75) is 58.5 Å². The van der Waals surface area contributed by atoms with Crippen LogP contribution in [0.25, 0.3) is 0 Å². The quantitative estimate of drug-likeness (QED) is 0.650. The zero-order chi connectivity index (χ0) is 9.68. The molecule has 0 aromatic rings. The van der Waals surface area contributed by atoms with E-state index >= 15 is 0 Å². The van der Waals surface area contributed by atoms with Gasteiger partial charge in [0.05, 0.1) is 6.10 Å². The Morgan fingerprint density at radius 2 is 1.85 bits per heavy atom. The molecule has 0 heterocycles. The SMILES string of the molecule is CC(O)C(C)/C1=C/CCCCCC1. The first-order chi connectivity index (χ1) is 6.22. The van der Waals surface area contributed by atoms with E-state index in [1.54, 1.807) is 0 Å². The van der Waals surface area contributed by atoms with Gasteiger partial charge in [-0.05, 0) is 32.6 Å². The summed E-state index contributed by atoms with van der Waals surface area (Å²) in [7, 11) is 0. The van der Waals surface area contributed by atoms with Crippen molar-refractivity contribution >= 4 is 0 Å². The van der Waals surface area contributed by atoms with Gasteiger partial charge in [-0.25, -0.2) is 0 Å². The van der Waals surface area contributed by atoms with Gasteiger partial charge >= 0.3 is 0 Å². The van der Waals surface area contributed by atoms with Crippen molar-refractivity contribution in [1.29, 1.82) is 0 Å². The van der Waals surface area contributed by atoms with Crippen LogP contribution in [-0.4, -0.2) is 11.2 Å². The minimum Gasteiger partial charge on any atom is -0.393 e. The Hall–Kier alpha value is -0.300. The third-order valence-electron chi connectivity index (χ3n) is 3.13. The summed E-state index contributed by atoms with van der Waals surface area (Å²) in [5.41, 5.74) is 1.48. The highest BCUT2D eigenvalue weighted by Crippen LogP contribution is 2.24. The van der Waals surface area contributed by atoms with E-state index < -0.39 is 0 Å². The Labute approximate surface area is 81.9 Å². The maximum absolute atomic E-state index is 9.49. The van der Waals surface area contributed by atoms with Gasteiger partial charge in [-0.3, -0.25) is 0 Å². The zero-order valence-corrected chi connectivity index (χ0v) is 8.92. The molecule has 76 valence electrons. The van der Waals surface area contributed by atoms with E-state index in [9.17, 15) is 5.11 Å². The highest BCUT2D eigenvalue weighted by molar-refractivity contribution is 5.07. The maximum Gasteiger partial charge on any atom is 0.0574 e. The zero-order valence-electron chi connectivity index (χ0n) is 8.92. The molecule has 2 atom stereocenters. The topological polar surface area (TPSA) is 20.2 Å². The van der Waals surface area contributed by atoms with Crippen LogP contribution in [0.15, 0.2) is 11.6 Å². The lowest BCUT2D eigenvalue weighted by molar-refractivity contribution is 0.149. The molecule has 0 aliphatic heterocycles. The average molecular weight is 182 g/mol. The number of aliphatic hydroxyl groups is 1. The third kappa shape index (κ3) is 3.51. The van der Waals surface area contributed by atoms with Crippen molar-refractivity contribution in [3.8, 4) is 0 Å². The predicted octanol–water partition coefficient (Wildman–Crippen LogP) is 3.28. The summed E-state index contributed by atoms with van der Waals surface area (Å²) < 4.78 is 0. The standard InChI is InChI=1S/C12H22O/c1-10(11(2)13)12-8-6-4-3-5-7-9-12/h8,10-11,13H,3-7,9H2,1-2H3/b12-8+. The van der Waals surface area contributed by atoms with Crippen molar-refractivity contribution in [1.82, 2.24) is 0 Å². The molecule has 1 nitrogen and oxygen atoms in total. The van der Waals surface area contributed by atoms with Crippen molar-refractivity contribution in [3.63, 3.8) is 0 Å². The smallest absolute Gasteiger partial charge is 0.0574 e. The summed E-state index contributed by atoms with van der Waals surface area (Å²) >= 11 is 0.